The molecule has 1 amide bonds. The van der Waals surface area contributed by atoms with E-state index in [0.717, 1.165) is 30.9 Å². The van der Waals surface area contributed by atoms with E-state index >= 15 is 0 Å². The molecular formula is C20H30N6O. The van der Waals surface area contributed by atoms with E-state index in [2.05, 4.69) is 27.3 Å². The fourth-order valence-electron chi connectivity index (χ4n) is 3.62. The van der Waals surface area contributed by atoms with E-state index in [1.807, 2.05) is 43.5 Å². The van der Waals surface area contributed by atoms with E-state index < -0.39 is 0 Å². The van der Waals surface area contributed by atoms with E-state index in [1.54, 1.807) is 10.9 Å². The smallest absolute Gasteiger partial charge is 0.252 e. The minimum atomic E-state index is -0.0533. The Kier molecular flexibility index (Phi) is 6.45. The Balaban J connectivity index is 1.48. The van der Waals surface area contributed by atoms with Gasteiger partial charge in [0.25, 0.3) is 5.91 Å². The molecule has 0 saturated carbocycles. The number of carbonyl (C=O) groups is 1. The van der Waals surface area contributed by atoms with Crippen LogP contribution in [0.2, 0.25) is 0 Å². The molecule has 0 radical (unpaired) electrons. The average molecular weight is 371 g/mol. The number of pyridine rings is 1. The maximum atomic E-state index is 12.4. The van der Waals surface area contributed by atoms with Gasteiger partial charge in [-0.3, -0.25) is 9.48 Å². The molecule has 2 aromatic heterocycles. The number of rotatable bonds is 7. The lowest BCUT2D eigenvalue weighted by Crippen LogP contribution is -2.39. The van der Waals surface area contributed by atoms with Crippen molar-refractivity contribution < 1.29 is 4.79 Å². The van der Waals surface area contributed by atoms with Gasteiger partial charge in [-0.15, -0.1) is 0 Å². The van der Waals surface area contributed by atoms with Gasteiger partial charge < -0.3 is 15.1 Å². The predicted octanol–water partition coefficient (Wildman–Crippen LogP) is 2.06. The number of amides is 1. The molecule has 0 aromatic carbocycles. The van der Waals surface area contributed by atoms with E-state index in [-0.39, 0.29) is 5.91 Å². The molecule has 3 heterocycles. The van der Waals surface area contributed by atoms with Crippen molar-refractivity contribution in [2.45, 2.75) is 38.3 Å². The first-order valence-electron chi connectivity index (χ1n) is 9.66. The normalized spacial score (nSPS) is 17.7. The summed E-state index contributed by atoms with van der Waals surface area (Å²) in [6, 6.07) is 4.31. The third kappa shape index (κ3) is 5.29. The molecular weight excluding hydrogens is 340 g/mol. The second-order valence-corrected chi connectivity index (χ2v) is 7.46. The first-order chi connectivity index (χ1) is 13.0. The Labute approximate surface area is 161 Å². The summed E-state index contributed by atoms with van der Waals surface area (Å²) in [4.78, 5) is 21.2. The molecule has 1 aliphatic rings. The molecule has 7 heteroatoms. The van der Waals surface area contributed by atoms with Crippen molar-refractivity contribution in [3.05, 3.63) is 41.9 Å². The highest BCUT2D eigenvalue weighted by Gasteiger charge is 2.18. The highest BCUT2D eigenvalue weighted by atomic mass is 16.1. The molecule has 1 fully saturated rings. The van der Waals surface area contributed by atoms with Crippen molar-refractivity contribution in [1.82, 2.24) is 25.0 Å². The molecule has 1 N–H and O–H groups in total. The summed E-state index contributed by atoms with van der Waals surface area (Å²) in [6.45, 7) is 2.59. The monoisotopic (exact) mass is 370 g/mol. The molecule has 0 spiro atoms. The van der Waals surface area contributed by atoms with Crippen LogP contribution in [-0.4, -0.2) is 58.8 Å². The van der Waals surface area contributed by atoms with E-state index in [1.165, 1.54) is 19.3 Å². The third-order valence-corrected chi connectivity index (χ3v) is 5.26. The Morgan fingerprint density at radius 1 is 1.30 bits per heavy atom. The number of carbonyl (C=O) groups excluding carboxylic acids is 1. The molecule has 146 valence electrons. The maximum Gasteiger partial charge on any atom is 0.252 e. The predicted molar refractivity (Wildman–Crippen MR) is 107 cm³/mol. The number of nitrogens with zero attached hydrogens (tertiary/aromatic N) is 5. The van der Waals surface area contributed by atoms with Gasteiger partial charge in [0.15, 0.2) is 0 Å². The topological polar surface area (TPSA) is 66.3 Å². The molecule has 1 aliphatic heterocycles. The molecule has 3 rings (SSSR count). The van der Waals surface area contributed by atoms with Gasteiger partial charge in [-0.05, 0) is 45.0 Å². The van der Waals surface area contributed by atoms with Crippen LogP contribution in [0.3, 0.4) is 0 Å². The van der Waals surface area contributed by atoms with E-state index in [0.29, 0.717) is 18.2 Å². The molecule has 0 aliphatic carbocycles. The van der Waals surface area contributed by atoms with Crippen molar-refractivity contribution in [3.8, 4) is 0 Å². The van der Waals surface area contributed by atoms with Crippen molar-refractivity contribution in [1.29, 1.82) is 0 Å². The standard InChI is InChI=1S/C20H30N6O/c1-24-11-5-4-6-18(24)9-10-21-20(27)17-7-8-19(22-13-17)25(2)14-16-12-23-26(3)15-16/h7-8,12-13,15,18H,4-6,9-11,14H2,1-3H3,(H,21,27)/t18-/m1/s1. The van der Waals surface area contributed by atoms with Crippen LogP contribution in [-0.2, 0) is 13.6 Å². The third-order valence-electron chi connectivity index (χ3n) is 5.26. The number of nitrogens with one attached hydrogen (secondary N) is 1. The van der Waals surface area contributed by atoms with Gasteiger partial charge in [0, 0.05) is 51.2 Å². The number of anilines is 1. The summed E-state index contributed by atoms with van der Waals surface area (Å²) in [6.07, 6.45) is 10.3. The Morgan fingerprint density at radius 3 is 2.81 bits per heavy atom. The van der Waals surface area contributed by atoms with Gasteiger partial charge in [-0.2, -0.15) is 5.10 Å². The molecule has 0 unspecified atom stereocenters. The minimum absolute atomic E-state index is 0.0533. The highest BCUT2D eigenvalue weighted by molar-refractivity contribution is 5.94. The lowest BCUT2D eigenvalue weighted by atomic mass is 10.0. The van der Waals surface area contributed by atoms with Crippen LogP contribution in [0.25, 0.3) is 0 Å². The fraction of sp³-hybridized carbons (Fsp3) is 0.550. The summed E-state index contributed by atoms with van der Waals surface area (Å²) >= 11 is 0. The molecule has 0 bridgehead atoms. The summed E-state index contributed by atoms with van der Waals surface area (Å²) in [5, 5.41) is 7.21. The van der Waals surface area contributed by atoms with Gasteiger partial charge in [-0.25, -0.2) is 4.98 Å². The zero-order valence-electron chi connectivity index (χ0n) is 16.6. The van der Waals surface area contributed by atoms with Crippen LogP contribution in [0.15, 0.2) is 30.7 Å². The largest absolute Gasteiger partial charge is 0.355 e. The average Bonchev–Trinajstić information content (AvgIpc) is 3.08. The second-order valence-electron chi connectivity index (χ2n) is 7.46. The lowest BCUT2D eigenvalue weighted by molar-refractivity contribution is 0.0945. The maximum absolute atomic E-state index is 12.4. The van der Waals surface area contributed by atoms with E-state index in [4.69, 9.17) is 0 Å². The Morgan fingerprint density at radius 2 is 2.15 bits per heavy atom. The second kappa shape index (κ2) is 8.99. The highest BCUT2D eigenvalue weighted by Crippen LogP contribution is 2.17. The van der Waals surface area contributed by atoms with Crippen molar-refractivity contribution in [2.24, 2.45) is 7.05 Å². The number of piperidine rings is 1. The fourth-order valence-corrected chi connectivity index (χ4v) is 3.62. The lowest BCUT2D eigenvalue weighted by Gasteiger charge is -2.32. The number of aromatic nitrogens is 3. The number of hydrogen-bond acceptors (Lipinski definition) is 5. The van der Waals surface area contributed by atoms with Gasteiger partial charge in [-0.1, -0.05) is 6.42 Å². The number of aryl methyl sites for hydroxylation is 1. The zero-order chi connectivity index (χ0) is 19.2. The van der Waals surface area contributed by atoms with Crippen LogP contribution in [0.1, 0.15) is 41.6 Å². The van der Waals surface area contributed by atoms with E-state index in [9.17, 15) is 4.79 Å². The summed E-state index contributed by atoms with van der Waals surface area (Å²) in [5.41, 5.74) is 1.72. The molecule has 1 atom stereocenters. The van der Waals surface area contributed by atoms with Crippen molar-refractivity contribution in [3.63, 3.8) is 0 Å². The van der Waals surface area contributed by atoms with Gasteiger partial charge in [0.2, 0.25) is 0 Å². The molecule has 2 aromatic rings. The van der Waals surface area contributed by atoms with Crippen LogP contribution in [0.5, 0.6) is 0 Å². The number of likely N-dealkylation sites (tertiary alicyclic amines) is 1. The van der Waals surface area contributed by atoms with Crippen LogP contribution in [0.4, 0.5) is 5.82 Å². The van der Waals surface area contributed by atoms with Crippen molar-refractivity contribution >= 4 is 11.7 Å². The van der Waals surface area contributed by atoms with Gasteiger partial charge in [0.1, 0.15) is 5.82 Å². The Hall–Kier alpha value is -2.41. The zero-order valence-corrected chi connectivity index (χ0v) is 16.6. The van der Waals surface area contributed by atoms with Crippen LogP contribution >= 0.6 is 0 Å². The van der Waals surface area contributed by atoms with Gasteiger partial charge >= 0.3 is 0 Å². The summed E-state index contributed by atoms with van der Waals surface area (Å²) < 4.78 is 1.79. The first kappa shape index (κ1) is 19.4. The molecule has 7 nitrogen and oxygen atoms in total. The quantitative estimate of drug-likeness (QED) is 0.808. The molecule has 27 heavy (non-hydrogen) atoms. The van der Waals surface area contributed by atoms with Gasteiger partial charge in [0.05, 0.1) is 11.8 Å². The van der Waals surface area contributed by atoms with Crippen molar-refractivity contribution in [2.75, 3.05) is 32.1 Å². The SMILES string of the molecule is CN(Cc1cnn(C)c1)c1ccc(C(=O)NCC[C@H]2CCCCN2C)cn1. The molecule has 1 saturated heterocycles. The minimum Gasteiger partial charge on any atom is -0.355 e. The number of hydrogen-bond donors (Lipinski definition) is 1. The summed E-state index contributed by atoms with van der Waals surface area (Å²) in [7, 11) is 6.06. The Bertz CT molecular complexity index is 741. The summed E-state index contributed by atoms with van der Waals surface area (Å²) in [5.74, 6) is 0.779. The van der Waals surface area contributed by atoms with Crippen LogP contribution < -0.4 is 10.2 Å². The van der Waals surface area contributed by atoms with Crippen LogP contribution in [0, 0.1) is 0 Å². The first-order valence-corrected chi connectivity index (χ1v) is 9.66.